The summed E-state index contributed by atoms with van der Waals surface area (Å²) in [6, 6.07) is 19.1. The molecule has 4 N–H and O–H groups in total. The lowest BCUT2D eigenvalue weighted by Crippen LogP contribution is -2.53. The van der Waals surface area contributed by atoms with Crippen LogP contribution >= 0.6 is 0 Å². The molecule has 268 valence electrons. The highest BCUT2D eigenvalue weighted by Gasteiger charge is 2.44. The maximum absolute atomic E-state index is 14.6. The van der Waals surface area contributed by atoms with Crippen molar-refractivity contribution in [2.24, 2.45) is 11.3 Å². The molecule has 3 heterocycles. The zero-order valence-electron chi connectivity index (χ0n) is 29.4. The van der Waals surface area contributed by atoms with Gasteiger partial charge in [-0.2, -0.15) is 0 Å². The molecule has 1 atom stereocenters. The summed E-state index contributed by atoms with van der Waals surface area (Å²) in [5.74, 6) is -0.299. The molecule has 0 radical (unpaired) electrons. The number of nitrogens with one attached hydrogen (secondary N) is 4. The fourth-order valence-electron chi connectivity index (χ4n) is 7.32. The van der Waals surface area contributed by atoms with E-state index in [0.29, 0.717) is 82.1 Å². The lowest BCUT2D eigenvalue weighted by atomic mass is 9.74. The molecule has 6 rings (SSSR count). The third-order valence-corrected chi connectivity index (χ3v) is 10.3. The van der Waals surface area contributed by atoms with Crippen LogP contribution in [0.2, 0.25) is 0 Å². The molecule has 0 spiro atoms. The monoisotopic (exact) mass is 693 g/mol. The predicted octanol–water partition coefficient (Wildman–Crippen LogP) is 3.60. The van der Waals surface area contributed by atoms with E-state index in [1.54, 1.807) is 28.1 Å². The Hall–Kier alpha value is -5.23. The Bertz CT molecular complexity index is 1770. The minimum Gasteiger partial charge on any atom is -0.497 e. The number of fused-ring (bicyclic) bond motifs is 1. The van der Waals surface area contributed by atoms with Crippen LogP contribution in [0.15, 0.2) is 78.8 Å². The molecule has 2 aromatic carbocycles. The standard InChI is InChI=1S/C39H47N7O5/c1-3-39(13-17-45(18-14-39)37(49)33-26-51-19-16-41-33)38(50)46(24-29-9-5-4-8-28(29)23-40-2)25-35(47)43-32-12-11-27-20-31(21-30(27)22-32)36(48)44-34-10-6-7-15-42-34/h4-12,15,22,26,31,40-41H,3,13-14,16-21,23-25H2,1-2H3,(H,43,47)(H,42,44,48)/t31-/m1/s1. The van der Waals surface area contributed by atoms with Gasteiger partial charge in [0, 0.05) is 50.5 Å². The molecule has 3 aliphatic rings. The molecule has 12 nitrogen and oxygen atoms in total. The van der Waals surface area contributed by atoms with Gasteiger partial charge in [-0.05, 0) is 85.7 Å². The lowest BCUT2D eigenvalue weighted by Gasteiger charge is -2.43. The molecular weight excluding hydrogens is 646 g/mol. The van der Waals surface area contributed by atoms with Crippen LogP contribution in [0.5, 0.6) is 0 Å². The fraction of sp³-hybridized carbons (Fsp3) is 0.410. The molecule has 0 bridgehead atoms. The minimum atomic E-state index is -0.710. The van der Waals surface area contributed by atoms with Crippen molar-refractivity contribution in [3.05, 3.63) is 101 Å². The summed E-state index contributed by atoms with van der Waals surface area (Å²) in [4.78, 5) is 62.1. The van der Waals surface area contributed by atoms with Crippen molar-refractivity contribution in [2.45, 2.75) is 52.1 Å². The number of amides is 4. The second-order valence-electron chi connectivity index (χ2n) is 13.6. The number of carbonyl (C=O) groups is 4. The van der Waals surface area contributed by atoms with Crippen LogP contribution in [0.25, 0.3) is 0 Å². The van der Waals surface area contributed by atoms with Gasteiger partial charge in [0.25, 0.3) is 5.91 Å². The maximum atomic E-state index is 14.6. The lowest BCUT2D eigenvalue weighted by molar-refractivity contribution is -0.150. The number of nitrogens with zero attached hydrogens (tertiary/aromatic N) is 3. The quantitative estimate of drug-likeness (QED) is 0.225. The fourth-order valence-corrected chi connectivity index (χ4v) is 7.32. The molecule has 12 heteroatoms. The first-order chi connectivity index (χ1) is 24.8. The number of anilines is 2. The summed E-state index contributed by atoms with van der Waals surface area (Å²) in [5.41, 5.74) is 4.46. The number of piperidine rings is 1. The number of likely N-dealkylation sites (tertiary alicyclic amines) is 1. The third-order valence-electron chi connectivity index (χ3n) is 10.3. The Labute approximate surface area is 299 Å². The summed E-state index contributed by atoms with van der Waals surface area (Å²) in [6.07, 6.45) is 5.87. The molecule has 51 heavy (non-hydrogen) atoms. The first-order valence-electron chi connectivity index (χ1n) is 17.8. The minimum absolute atomic E-state index is 0.0828. The van der Waals surface area contributed by atoms with Crippen LogP contribution in [-0.2, 0) is 49.8 Å². The van der Waals surface area contributed by atoms with E-state index in [2.05, 4.69) is 26.3 Å². The zero-order valence-corrected chi connectivity index (χ0v) is 29.4. The molecule has 0 unspecified atom stereocenters. The highest BCUT2D eigenvalue weighted by molar-refractivity contribution is 5.96. The molecule has 0 saturated carbocycles. The van der Waals surface area contributed by atoms with E-state index in [0.717, 1.165) is 22.3 Å². The Balaban J connectivity index is 1.15. The Kier molecular flexibility index (Phi) is 11.3. The van der Waals surface area contributed by atoms with Gasteiger partial charge in [0.15, 0.2) is 0 Å². The number of benzene rings is 2. The number of hydrogen-bond acceptors (Lipinski definition) is 8. The van der Waals surface area contributed by atoms with Gasteiger partial charge in [-0.25, -0.2) is 4.98 Å². The van der Waals surface area contributed by atoms with E-state index in [-0.39, 0.29) is 42.6 Å². The van der Waals surface area contributed by atoms with E-state index in [4.69, 9.17) is 4.74 Å². The Morgan fingerprint density at radius 1 is 0.980 bits per heavy atom. The molecule has 2 aliphatic heterocycles. The highest BCUT2D eigenvalue weighted by Crippen LogP contribution is 2.38. The van der Waals surface area contributed by atoms with Gasteiger partial charge in [0.2, 0.25) is 17.7 Å². The molecule has 1 aromatic heterocycles. The zero-order chi connectivity index (χ0) is 35.8. The summed E-state index contributed by atoms with van der Waals surface area (Å²) in [7, 11) is 1.88. The van der Waals surface area contributed by atoms with Crippen molar-refractivity contribution >= 4 is 35.1 Å². The molecule has 1 aliphatic carbocycles. The first-order valence-corrected chi connectivity index (χ1v) is 17.8. The summed E-state index contributed by atoms with van der Waals surface area (Å²) in [5, 5.41) is 12.2. The maximum Gasteiger partial charge on any atom is 0.273 e. The van der Waals surface area contributed by atoms with Gasteiger partial charge in [-0.15, -0.1) is 0 Å². The van der Waals surface area contributed by atoms with Crippen molar-refractivity contribution in [3.63, 3.8) is 0 Å². The van der Waals surface area contributed by atoms with Crippen LogP contribution in [0.3, 0.4) is 0 Å². The van der Waals surface area contributed by atoms with Crippen molar-refractivity contribution in [2.75, 3.05) is 50.5 Å². The van der Waals surface area contributed by atoms with Crippen LogP contribution < -0.4 is 21.3 Å². The van der Waals surface area contributed by atoms with Crippen molar-refractivity contribution in [3.8, 4) is 0 Å². The van der Waals surface area contributed by atoms with Crippen molar-refractivity contribution in [1.82, 2.24) is 25.4 Å². The number of rotatable bonds is 12. The van der Waals surface area contributed by atoms with Crippen molar-refractivity contribution < 1.29 is 23.9 Å². The van der Waals surface area contributed by atoms with Gasteiger partial charge >= 0.3 is 0 Å². The number of ether oxygens (including phenoxy) is 1. The predicted molar refractivity (Wildman–Crippen MR) is 194 cm³/mol. The molecule has 4 amide bonds. The summed E-state index contributed by atoms with van der Waals surface area (Å²) in [6.45, 7) is 4.75. The van der Waals surface area contributed by atoms with E-state index >= 15 is 0 Å². The van der Waals surface area contributed by atoms with Gasteiger partial charge < -0.3 is 35.8 Å². The Morgan fingerprint density at radius 3 is 2.45 bits per heavy atom. The largest absolute Gasteiger partial charge is 0.497 e. The topological polar surface area (TPSA) is 145 Å². The number of hydrogen-bond donors (Lipinski definition) is 4. The smallest absolute Gasteiger partial charge is 0.273 e. The van der Waals surface area contributed by atoms with E-state index in [9.17, 15) is 19.2 Å². The van der Waals surface area contributed by atoms with E-state index in [1.165, 1.54) is 6.26 Å². The Morgan fingerprint density at radius 2 is 1.75 bits per heavy atom. The van der Waals surface area contributed by atoms with Gasteiger partial charge in [-0.1, -0.05) is 43.3 Å². The summed E-state index contributed by atoms with van der Waals surface area (Å²) < 4.78 is 5.35. The number of carbonyl (C=O) groups excluding carboxylic acids is 4. The number of pyridine rings is 1. The molecule has 3 aromatic rings. The van der Waals surface area contributed by atoms with Crippen LogP contribution in [0.1, 0.15) is 48.4 Å². The SMILES string of the molecule is CCC1(C(=O)N(CC(=O)Nc2ccc3c(c2)C[C@H](C(=O)Nc2ccccn2)C3)Cc2ccccc2CNC)CCN(C(=O)C2=COCCN2)CC1. The van der Waals surface area contributed by atoms with Gasteiger partial charge in [0.05, 0.1) is 5.41 Å². The first kappa shape index (κ1) is 35.6. The molecule has 1 saturated heterocycles. The average Bonchev–Trinajstić information content (AvgIpc) is 3.59. The van der Waals surface area contributed by atoms with Gasteiger partial charge in [-0.3, -0.25) is 19.2 Å². The molecular formula is C39H47N7O5. The van der Waals surface area contributed by atoms with Crippen LogP contribution in [0, 0.1) is 11.3 Å². The number of aromatic nitrogens is 1. The normalized spacial score (nSPS) is 17.6. The van der Waals surface area contributed by atoms with E-state index < -0.39 is 5.41 Å². The van der Waals surface area contributed by atoms with Crippen LogP contribution in [0.4, 0.5) is 11.5 Å². The second-order valence-corrected chi connectivity index (χ2v) is 13.6. The van der Waals surface area contributed by atoms with Crippen LogP contribution in [-0.4, -0.2) is 78.2 Å². The highest BCUT2D eigenvalue weighted by atomic mass is 16.5. The second kappa shape index (κ2) is 16.2. The molecule has 1 fully saturated rings. The third kappa shape index (κ3) is 8.39. The van der Waals surface area contributed by atoms with Gasteiger partial charge in [0.1, 0.15) is 30.9 Å². The summed E-state index contributed by atoms with van der Waals surface area (Å²) >= 11 is 0. The van der Waals surface area contributed by atoms with Crippen molar-refractivity contribution in [1.29, 1.82) is 0 Å². The average molecular weight is 694 g/mol. The van der Waals surface area contributed by atoms with E-state index in [1.807, 2.05) is 62.5 Å².